The molecule has 1 aliphatic heterocycles. The van der Waals surface area contributed by atoms with Gasteiger partial charge in [0, 0.05) is 18.5 Å². The van der Waals surface area contributed by atoms with Crippen molar-refractivity contribution in [3.63, 3.8) is 0 Å². The van der Waals surface area contributed by atoms with Crippen molar-refractivity contribution < 1.29 is 19.1 Å². The number of amides is 3. The molecule has 7 heteroatoms. The van der Waals surface area contributed by atoms with Crippen molar-refractivity contribution in [3.05, 3.63) is 23.8 Å². The molecule has 6 rings (SSSR count). The molecule has 4 fully saturated rings. The van der Waals surface area contributed by atoms with Crippen LogP contribution in [0.2, 0.25) is 0 Å². The van der Waals surface area contributed by atoms with Crippen LogP contribution in [-0.2, 0) is 4.79 Å². The summed E-state index contributed by atoms with van der Waals surface area (Å²) in [6.45, 7) is 5.58. The largest absolute Gasteiger partial charge is 0.486 e. The molecule has 5 aliphatic rings. The van der Waals surface area contributed by atoms with Crippen LogP contribution in [0, 0.1) is 23.7 Å². The minimum Gasteiger partial charge on any atom is -0.486 e. The first-order chi connectivity index (χ1) is 15.9. The van der Waals surface area contributed by atoms with E-state index in [4.69, 9.17) is 9.47 Å². The first kappa shape index (κ1) is 22.4. The van der Waals surface area contributed by atoms with E-state index < -0.39 is 0 Å². The Kier molecular flexibility index (Phi) is 6.14. The number of nitrogens with one attached hydrogen (secondary N) is 3. The van der Waals surface area contributed by atoms with Crippen LogP contribution in [0.15, 0.2) is 18.2 Å². The third kappa shape index (κ3) is 4.92. The molecule has 7 nitrogen and oxygen atoms in total. The van der Waals surface area contributed by atoms with E-state index in [1.165, 1.54) is 19.3 Å². The number of hydrogen-bond donors (Lipinski definition) is 3. The highest BCUT2D eigenvalue weighted by molar-refractivity contribution is 5.79. The van der Waals surface area contributed by atoms with Gasteiger partial charge in [-0.25, -0.2) is 4.79 Å². The topological polar surface area (TPSA) is 88.7 Å². The third-order valence-corrected chi connectivity index (χ3v) is 7.96. The van der Waals surface area contributed by atoms with Crippen molar-refractivity contribution in [2.24, 2.45) is 23.7 Å². The van der Waals surface area contributed by atoms with Crippen molar-refractivity contribution in [1.29, 1.82) is 0 Å². The van der Waals surface area contributed by atoms with Crippen molar-refractivity contribution >= 4 is 11.9 Å². The number of ether oxygens (including phenoxy) is 2. The molecule has 1 atom stereocenters. The van der Waals surface area contributed by atoms with E-state index in [1.54, 1.807) is 0 Å². The summed E-state index contributed by atoms with van der Waals surface area (Å²) < 4.78 is 11.3. The monoisotopic (exact) mass is 455 g/mol. The maximum Gasteiger partial charge on any atom is 0.315 e. The molecule has 3 amide bonds. The van der Waals surface area contributed by atoms with E-state index in [1.807, 2.05) is 18.2 Å². The Morgan fingerprint density at radius 1 is 1.00 bits per heavy atom. The van der Waals surface area contributed by atoms with Gasteiger partial charge in [0.2, 0.25) is 5.91 Å². The van der Waals surface area contributed by atoms with Gasteiger partial charge >= 0.3 is 6.03 Å². The molecular weight excluding hydrogens is 418 g/mol. The molecule has 4 bridgehead atoms. The highest BCUT2D eigenvalue weighted by atomic mass is 16.6. The summed E-state index contributed by atoms with van der Waals surface area (Å²) in [6, 6.07) is 5.58. The van der Waals surface area contributed by atoms with Crippen LogP contribution in [-0.4, -0.2) is 37.2 Å². The van der Waals surface area contributed by atoms with Crippen molar-refractivity contribution in [3.8, 4) is 11.5 Å². The van der Waals surface area contributed by atoms with E-state index in [0.29, 0.717) is 19.8 Å². The molecule has 1 heterocycles. The summed E-state index contributed by atoms with van der Waals surface area (Å²) >= 11 is 0. The van der Waals surface area contributed by atoms with Crippen molar-refractivity contribution in [2.45, 2.75) is 70.4 Å². The Morgan fingerprint density at radius 3 is 2.27 bits per heavy atom. The number of urea groups is 1. The first-order valence-electron chi connectivity index (χ1n) is 12.6. The highest BCUT2D eigenvalue weighted by Crippen LogP contribution is 2.55. The van der Waals surface area contributed by atoms with E-state index in [2.05, 4.69) is 29.8 Å². The molecule has 0 spiro atoms. The normalized spacial score (nSPS) is 30.1. The predicted molar refractivity (Wildman–Crippen MR) is 125 cm³/mol. The lowest BCUT2D eigenvalue weighted by atomic mass is 9.53. The molecule has 1 aromatic rings. The predicted octanol–water partition coefficient (Wildman–Crippen LogP) is 3.93. The first-order valence-corrected chi connectivity index (χ1v) is 12.6. The molecule has 33 heavy (non-hydrogen) atoms. The number of carbonyl (C=O) groups is 2. The second kappa shape index (κ2) is 9.07. The number of benzene rings is 1. The van der Waals surface area contributed by atoms with Crippen LogP contribution >= 0.6 is 0 Å². The lowest BCUT2D eigenvalue weighted by Gasteiger charge is -2.56. The molecule has 4 saturated carbocycles. The summed E-state index contributed by atoms with van der Waals surface area (Å²) in [5.74, 6) is 3.97. The van der Waals surface area contributed by atoms with Gasteiger partial charge in [0.1, 0.15) is 13.2 Å². The standard InChI is InChI=1S/C26H37N3O4/c1-16(2)24(20-3-4-21-22(12-20)33-8-7-32-21)28-23(30)5-6-27-25(31)29-26-13-17-9-18(14-26)11-19(10-17)15-26/h3-4,12,16-19,24H,5-11,13-15H2,1-2H3,(H,28,30)(H2,27,29,31). The molecule has 0 saturated heterocycles. The SMILES string of the molecule is CC(C)C(NC(=O)CCNC(=O)NC12CC3CC(CC(C3)C1)C2)c1ccc2c(c1)OCCO2. The zero-order valence-corrected chi connectivity index (χ0v) is 19.8. The minimum atomic E-state index is -0.130. The zero-order valence-electron chi connectivity index (χ0n) is 19.8. The van der Waals surface area contributed by atoms with Crippen LogP contribution < -0.4 is 25.4 Å². The van der Waals surface area contributed by atoms with Crippen molar-refractivity contribution in [2.75, 3.05) is 19.8 Å². The summed E-state index contributed by atoms with van der Waals surface area (Å²) in [7, 11) is 0. The Labute approximate surface area is 196 Å². The van der Waals surface area contributed by atoms with Crippen molar-refractivity contribution in [1.82, 2.24) is 16.0 Å². The molecular formula is C26H37N3O4. The molecule has 1 unspecified atom stereocenters. The second-order valence-corrected chi connectivity index (χ2v) is 11.0. The van der Waals surface area contributed by atoms with Crippen LogP contribution in [0.5, 0.6) is 11.5 Å². The number of fused-ring (bicyclic) bond motifs is 1. The van der Waals surface area contributed by atoms with Gasteiger partial charge in [-0.2, -0.15) is 0 Å². The van der Waals surface area contributed by atoms with Gasteiger partial charge in [-0.1, -0.05) is 19.9 Å². The fourth-order valence-corrected chi connectivity index (χ4v) is 6.97. The molecule has 3 N–H and O–H groups in total. The maximum atomic E-state index is 12.7. The van der Waals surface area contributed by atoms with Crippen LogP contribution in [0.25, 0.3) is 0 Å². The summed E-state index contributed by atoms with van der Waals surface area (Å²) in [6.07, 6.45) is 7.67. The Hall–Kier alpha value is -2.44. The minimum absolute atomic E-state index is 0.0118. The van der Waals surface area contributed by atoms with E-state index in [0.717, 1.165) is 54.1 Å². The summed E-state index contributed by atoms with van der Waals surface area (Å²) in [5.41, 5.74) is 0.984. The van der Waals surface area contributed by atoms with E-state index in [-0.39, 0.29) is 35.9 Å². The average molecular weight is 456 g/mol. The van der Waals surface area contributed by atoms with Gasteiger partial charge in [0.05, 0.1) is 6.04 Å². The lowest BCUT2D eigenvalue weighted by molar-refractivity contribution is -0.122. The van der Waals surface area contributed by atoms with E-state index >= 15 is 0 Å². The van der Waals surface area contributed by atoms with Gasteiger partial charge in [0.15, 0.2) is 11.5 Å². The highest BCUT2D eigenvalue weighted by Gasteiger charge is 2.51. The molecule has 1 aromatic carbocycles. The smallest absolute Gasteiger partial charge is 0.315 e. The zero-order chi connectivity index (χ0) is 23.0. The third-order valence-electron chi connectivity index (χ3n) is 7.96. The molecule has 4 aliphatic carbocycles. The molecule has 180 valence electrons. The van der Waals surface area contributed by atoms with Crippen LogP contribution in [0.3, 0.4) is 0 Å². The summed E-state index contributed by atoms with van der Waals surface area (Å²) in [4.78, 5) is 25.3. The quantitative estimate of drug-likeness (QED) is 0.581. The lowest BCUT2D eigenvalue weighted by Crippen LogP contribution is -2.61. The fourth-order valence-electron chi connectivity index (χ4n) is 6.97. The summed E-state index contributed by atoms with van der Waals surface area (Å²) in [5, 5.41) is 9.36. The van der Waals surface area contributed by atoms with Gasteiger partial charge in [-0.05, 0) is 79.9 Å². The van der Waals surface area contributed by atoms with Crippen LogP contribution in [0.4, 0.5) is 4.79 Å². The van der Waals surface area contributed by atoms with Gasteiger partial charge in [-0.3, -0.25) is 4.79 Å². The maximum absolute atomic E-state index is 12.7. The number of carbonyl (C=O) groups excluding carboxylic acids is 2. The van der Waals surface area contributed by atoms with Gasteiger partial charge < -0.3 is 25.4 Å². The second-order valence-electron chi connectivity index (χ2n) is 11.0. The molecule has 0 aromatic heterocycles. The van der Waals surface area contributed by atoms with Gasteiger partial charge in [0.25, 0.3) is 0 Å². The average Bonchev–Trinajstić information content (AvgIpc) is 2.75. The van der Waals surface area contributed by atoms with Gasteiger partial charge in [-0.15, -0.1) is 0 Å². The fraction of sp³-hybridized carbons (Fsp3) is 0.692. The Morgan fingerprint density at radius 2 is 1.64 bits per heavy atom. The number of hydrogen-bond acceptors (Lipinski definition) is 4. The van der Waals surface area contributed by atoms with Crippen LogP contribution in [0.1, 0.15) is 70.4 Å². The Balaban J connectivity index is 1.10. The molecule has 0 radical (unpaired) electrons. The number of rotatable bonds is 7. The van der Waals surface area contributed by atoms with E-state index in [9.17, 15) is 9.59 Å². The Bertz CT molecular complexity index is 864.